The molecule has 1 heterocycles. The third-order valence-corrected chi connectivity index (χ3v) is 1.81. The summed E-state index contributed by atoms with van der Waals surface area (Å²) in [5.74, 6) is 0.273. The molecule has 0 bridgehead atoms. The maximum Gasteiger partial charge on any atom is 0.404 e. The predicted octanol–water partition coefficient (Wildman–Crippen LogP) is 0.896. The Labute approximate surface area is 89.9 Å². The zero-order chi connectivity index (χ0) is 11.7. The van der Waals surface area contributed by atoms with E-state index in [2.05, 4.69) is 17.0 Å². The molecule has 1 rings (SSSR count). The highest BCUT2D eigenvalue weighted by atomic mass is 16.5. The molecule has 2 amide bonds. The fourth-order valence-corrected chi connectivity index (χ4v) is 1.20. The van der Waals surface area contributed by atoms with E-state index in [0.717, 1.165) is 25.9 Å². The van der Waals surface area contributed by atoms with Crippen LogP contribution in [0.15, 0.2) is 12.7 Å². The summed E-state index contributed by atoms with van der Waals surface area (Å²) < 4.78 is 4.18. The van der Waals surface area contributed by atoms with Gasteiger partial charge in [-0.05, 0) is 13.3 Å². The fraction of sp³-hybridized carbons (Fsp3) is 0.600. The van der Waals surface area contributed by atoms with Crippen LogP contribution in [0.25, 0.3) is 0 Å². The van der Waals surface area contributed by atoms with E-state index in [1.807, 2.05) is 4.90 Å². The van der Waals surface area contributed by atoms with E-state index >= 15 is 0 Å². The second-order valence-electron chi connectivity index (χ2n) is 2.98. The van der Waals surface area contributed by atoms with Crippen LogP contribution < -0.4 is 5.73 Å². The molecule has 1 aliphatic heterocycles. The summed E-state index contributed by atoms with van der Waals surface area (Å²) in [7, 11) is 0. The number of nitrogens with zero attached hydrogens (tertiary/aromatic N) is 1. The SMILES string of the molecule is C=CCN1CCCC1=O.CCOC(N)=O. The van der Waals surface area contributed by atoms with Crippen LogP contribution >= 0.6 is 0 Å². The summed E-state index contributed by atoms with van der Waals surface area (Å²) >= 11 is 0. The number of ether oxygens (including phenoxy) is 1. The van der Waals surface area contributed by atoms with Crippen LogP contribution in [0.5, 0.6) is 0 Å². The van der Waals surface area contributed by atoms with Crippen LogP contribution in [0.3, 0.4) is 0 Å². The summed E-state index contributed by atoms with van der Waals surface area (Å²) in [4.78, 5) is 22.3. The molecule has 1 aliphatic rings. The number of carbonyl (C=O) groups excluding carboxylic acids is 2. The maximum atomic E-state index is 10.8. The minimum atomic E-state index is -0.711. The second-order valence-corrected chi connectivity index (χ2v) is 2.98. The number of amides is 2. The highest BCUT2D eigenvalue weighted by molar-refractivity contribution is 5.78. The van der Waals surface area contributed by atoms with E-state index < -0.39 is 6.09 Å². The highest BCUT2D eigenvalue weighted by Gasteiger charge is 2.17. The first-order valence-electron chi connectivity index (χ1n) is 4.92. The molecule has 0 aromatic heterocycles. The number of primary amides is 1. The fourth-order valence-electron chi connectivity index (χ4n) is 1.20. The van der Waals surface area contributed by atoms with Gasteiger partial charge >= 0.3 is 6.09 Å². The molecule has 0 aliphatic carbocycles. The molecule has 5 nitrogen and oxygen atoms in total. The third-order valence-electron chi connectivity index (χ3n) is 1.81. The molecule has 0 aromatic carbocycles. The van der Waals surface area contributed by atoms with Crippen molar-refractivity contribution in [3.05, 3.63) is 12.7 Å². The summed E-state index contributed by atoms with van der Waals surface area (Å²) in [5, 5.41) is 0. The predicted molar refractivity (Wildman–Crippen MR) is 57.2 cm³/mol. The van der Waals surface area contributed by atoms with Crippen LogP contribution in [-0.2, 0) is 9.53 Å². The van der Waals surface area contributed by atoms with E-state index in [-0.39, 0.29) is 5.91 Å². The van der Waals surface area contributed by atoms with Crippen molar-refractivity contribution in [2.75, 3.05) is 19.7 Å². The van der Waals surface area contributed by atoms with Gasteiger partial charge in [-0.1, -0.05) is 6.08 Å². The van der Waals surface area contributed by atoms with Crippen molar-refractivity contribution in [2.24, 2.45) is 5.73 Å². The number of hydrogen-bond donors (Lipinski definition) is 1. The number of likely N-dealkylation sites (tertiary alicyclic amines) is 1. The first-order chi connectivity index (χ1) is 7.11. The van der Waals surface area contributed by atoms with Gasteiger partial charge in [0.2, 0.25) is 5.91 Å². The topological polar surface area (TPSA) is 72.6 Å². The molecule has 5 heteroatoms. The lowest BCUT2D eigenvalue weighted by molar-refractivity contribution is -0.127. The Kier molecular flexibility index (Phi) is 7.05. The van der Waals surface area contributed by atoms with E-state index in [0.29, 0.717) is 6.61 Å². The van der Waals surface area contributed by atoms with Crippen LogP contribution in [-0.4, -0.2) is 36.6 Å². The summed E-state index contributed by atoms with van der Waals surface area (Å²) in [6.45, 7) is 7.26. The molecule has 1 fully saturated rings. The minimum absolute atomic E-state index is 0.273. The number of rotatable bonds is 3. The Morgan fingerprint density at radius 2 is 2.40 bits per heavy atom. The molecule has 0 saturated carbocycles. The summed E-state index contributed by atoms with van der Waals surface area (Å²) in [6, 6.07) is 0. The van der Waals surface area contributed by atoms with Crippen LogP contribution in [0.2, 0.25) is 0 Å². The number of hydrogen-bond acceptors (Lipinski definition) is 3. The van der Waals surface area contributed by atoms with Crippen LogP contribution in [0, 0.1) is 0 Å². The molecule has 0 radical (unpaired) electrons. The lowest BCUT2D eigenvalue weighted by atomic mass is 10.4. The third kappa shape index (κ3) is 6.54. The van der Waals surface area contributed by atoms with Gasteiger partial charge in [-0.2, -0.15) is 0 Å². The monoisotopic (exact) mass is 214 g/mol. The molecule has 2 N–H and O–H groups in total. The van der Waals surface area contributed by atoms with E-state index in [1.165, 1.54) is 0 Å². The zero-order valence-corrected chi connectivity index (χ0v) is 9.07. The largest absolute Gasteiger partial charge is 0.450 e. The molecule has 86 valence electrons. The van der Waals surface area contributed by atoms with Gasteiger partial charge in [-0.15, -0.1) is 6.58 Å². The normalized spacial score (nSPS) is 14.2. The second kappa shape index (κ2) is 7.84. The van der Waals surface area contributed by atoms with Crippen LogP contribution in [0.4, 0.5) is 4.79 Å². The van der Waals surface area contributed by atoms with Crippen molar-refractivity contribution in [1.82, 2.24) is 4.90 Å². The van der Waals surface area contributed by atoms with Crippen molar-refractivity contribution in [2.45, 2.75) is 19.8 Å². The Morgan fingerprint density at radius 3 is 2.67 bits per heavy atom. The molecule has 0 spiro atoms. The van der Waals surface area contributed by atoms with Gasteiger partial charge < -0.3 is 15.4 Å². The summed E-state index contributed by atoms with van der Waals surface area (Å²) in [5.41, 5.74) is 4.54. The van der Waals surface area contributed by atoms with Gasteiger partial charge in [0.25, 0.3) is 0 Å². The average molecular weight is 214 g/mol. The molecule has 1 saturated heterocycles. The standard InChI is InChI=1S/C7H11NO.C3H7NO2/c1-2-5-8-6-3-4-7(8)9;1-2-6-3(4)5/h2H,1,3-6H2;2H2,1H3,(H2,4,5). The lowest BCUT2D eigenvalue weighted by Gasteiger charge is -2.10. The van der Waals surface area contributed by atoms with E-state index in [1.54, 1.807) is 13.0 Å². The molecule has 15 heavy (non-hydrogen) atoms. The molecular formula is C10H18N2O3. The lowest BCUT2D eigenvalue weighted by Crippen LogP contribution is -2.24. The molecular weight excluding hydrogens is 196 g/mol. The van der Waals surface area contributed by atoms with Crippen LogP contribution in [0.1, 0.15) is 19.8 Å². The molecule has 0 atom stereocenters. The van der Waals surface area contributed by atoms with E-state index in [4.69, 9.17) is 0 Å². The van der Waals surface area contributed by atoms with Crippen molar-refractivity contribution < 1.29 is 14.3 Å². The van der Waals surface area contributed by atoms with Crippen molar-refractivity contribution in [3.8, 4) is 0 Å². The van der Waals surface area contributed by atoms with Crippen molar-refractivity contribution in [1.29, 1.82) is 0 Å². The van der Waals surface area contributed by atoms with Gasteiger partial charge in [0.15, 0.2) is 0 Å². The maximum absolute atomic E-state index is 10.8. The van der Waals surface area contributed by atoms with Gasteiger partial charge in [-0.25, -0.2) is 4.79 Å². The first-order valence-corrected chi connectivity index (χ1v) is 4.92. The number of carbonyl (C=O) groups is 2. The summed E-state index contributed by atoms with van der Waals surface area (Å²) in [6.07, 6.45) is 2.81. The molecule has 0 aromatic rings. The average Bonchev–Trinajstić information content (AvgIpc) is 2.53. The minimum Gasteiger partial charge on any atom is -0.450 e. The van der Waals surface area contributed by atoms with E-state index in [9.17, 15) is 9.59 Å². The zero-order valence-electron chi connectivity index (χ0n) is 9.07. The Balaban J connectivity index is 0.000000288. The Hall–Kier alpha value is -1.52. The Bertz CT molecular complexity index is 229. The first kappa shape index (κ1) is 13.5. The van der Waals surface area contributed by atoms with Crippen molar-refractivity contribution in [3.63, 3.8) is 0 Å². The number of nitrogens with two attached hydrogens (primary N) is 1. The van der Waals surface area contributed by atoms with Gasteiger partial charge in [0.05, 0.1) is 6.61 Å². The quantitative estimate of drug-likeness (QED) is 0.709. The Morgan fingerprint density at radius 1 is 1.73 bits per heavy atom. The van der Waals surface area contributed by atoms with Gasteiger partial charge in [0.1, 0.15) is 0 Å². The highest BCUT2D eigenvalue weighted by Crippen LogP contribution is 2.07. The molecule has 0 unspecified atom stereocenters. The van der Waals surface area contributed by atoms with Gasteiger partial charge in [0, 0.05) is 19.5 Å². The smallest absolute Gasteiger partial charge is 0.404 e. The van der Waals surface area contributed by atoms with Crippen molar-refractivity contribution >= 4 is 12.0 Å². The van der Waals surface area contributed by atoms with Gasteiger partial charge in [-0.3, -0.25) is 4.79 Å².